The number of aliphatic hydroxyl groups is 1. The summed E-state index contributed by atoms with van der Waals surface area (Å²) in [5.74, 6) is -0.0997. The highest BCUT2D eigenvalue weighted by Crippen LogP contribution is 2.35. The van der Waals surface area contributed by atoms with Gasteiger partial charge in [0.05, 0.1) is 6.54 Å². The molecule has 148 valence electrons. The highest BCUT2D eigenvalue weighted by Gasteiger charge is 2.27. The molecule has 0 radical (unpaired) electrons. The van der Waals surface area contributed by atoms with Crippen LogP contribution in [0.2, 0.25) is 0 Å². The number of fused-ring (bicyclic) bond motifs is 1. The monoisotopic (exact) mass is 384 g/mol. The van der Waals surface area contributed by atoms with Crippen LogP contribution in [-0.4, -0.2) is 30.3 Å². The normalized spacial score (nSPS) is 14.5. The van der Waals surface area contributed by atoms with Crippen LogP contribution in [0.25, 0.3) is 0 Å². The smallest absolute Gasteiger partial charge is 0.313 e. The molecule has 1 unspecified atom stereocenters. The van der Waals surface area contributed by atoms with Crippen molar-refractivity contribution in [2.75, 3.05) is 18.7 Å². The lowest BCUT2D eigenvalue weighted by atomic mass is 9.95. The maximum atomic E-state index is 12.1. The van der Waals surface area contributed by atoms with Crippen LogP contribution in [0.1, 0.15) is 37.8 Å². The Hall–Kier alpha value is -3.06. The molecule has 0 aliphatic carbocycles. The van der Waals surface area contributed by atoms with Crippen molar-refractivity contribution in [1.29, 1.82) is 0 Å². The van der Waals surface area contributed by atoms with Gasteiger partial charge in [0.2, 0.25) is 6.79 Å². The molecule has 2 aromatic carbocycles. The van der Waals surface area contributed by atoms with Gasteiger partial charge in [-0.05, 0) is 48.2 Å². The first-order valence-electron chi connectivity index (χ1n) is 9.08. The van der Waals surface area contributed by atoms with Crippen LogP contribution in [0.4, 0.5) is 5.69 Å². The third-order valence-corrected chi connectivity index (χ3v) is 4.63. The van der Waals surface area contributed by atoms with Gasteiger partial charge >= 0.3 is 11.8 Å². The summed E-state index contributed by atoms with van der Waals surface area (Å²) in [5, 5.41) is 15.7. The molecule has 7 heteroatoms. The predicted molar refractivity (Wildman–Crippen MR) is 104 cm³/mol. The van der Waals surface area contributed by atoms with Gasteiger partial charge in [-0.1, -0.05) is 32.0 Å². The highest BCUT2D eigenvalue weighted by atomic mass is 16.7. The van der Waals surface area contributed by atoms with Crippen molar-refractivity contribution in [2.24, 2.45) is 0 Å². The van der Waals surface area contributed by atoms with Crippen LogP contribution in [0.5, 0.6) is 11.5 Å². The number of benzene rings is 2. The van der Waals surface area contributed by atoms with Gasteiger partial charge in [0.25, 0.3) is 0 Å². The Kier molecular flexibility index (Phi) is 5.56. The van der Waals surface area contributed by atoms with E-state index >= 15 is 0 Å². The van der Waals surface area contributed by atoms with Crippen LogP contribution >= 0.6 is 0 Å². The molecule has 3 N–H and O–H groups in total. The maximum absolute atomic E-state index is 12.1. The summed E-state index contributed by atoms with van der Waals surface area (Å²) in [5.41, 5.74) is 0.839. The quantitative estimate of drug-likeness (QED) is 0.688. The van der Waals surface area contributed by atoms with Crippen molar-refractivity contribution in [1.82, 2.24) is 5.32 Å². The highest BCUT2D eigenvalue weighted by molar-refractivity contribution is 6.39. The number of nitrogens with one attached hydrogen (secondary N) is 2. The van der Waals surface area contributed by atoms with Crippen LogP contribution in [0.3, 0.4) is 0 Å². The topological polar surface area (TPSA) is 96.9 Å². The van der Waals surface area contributed by atoms with E-state index in [1.165, 1.54) is 0 Å². The van der Waals surface area contributed by atoms with E-state index in [4.69, 9.17) is 9.47 Å². The minimum absolute atomic E-state index is 0.134. The molecule has 1 heterocycles. The van der Waals surface area contributed by atoms with E-state index < -0.39 is 17.4 Å². The number of anilines is 1. The SMILES string of the molecule is CC(C)c1ccc(NC(=O)C(=O)NCC(C)(O)c2ccc3c(c2)OCO3)cc1. The Morgan fingerprint density at radius 2 is 1.75 bits per heavy atom. The van der Waals surface area contributed by atoms with Crippen LogP contribution in [0, 0.1) is 0 Å². The molecule has 3 rings (SSSR count). The third-order valence-electron chi connectivity index (χ3n) is 4.63. The first-order valence-corrected chi connectivity index (χ1v) is 9.08. The number of rotatable bonds is 5. The zero-order chi connectivity index (χ0) is 20.3. The second kappa shape index (κ2) is 7.90. The van der Waals surface area contributed by atoms with Gasteiger partial charge in [-0.2, -0.15) is 0 Å². The Bertz CT molecular complexity index is 875. The fourth-order valence-corrected chi connectivity index (χ4v) is 2.81. The maximum Gasteiger partial charge on any atom is 0.313 e. The number of hydrogen-bond acceptors (Lipinski definition) is 5. The standard InChI is InChI=1S/C21H24N2O5/c1-13(2)14-4-7-16(8-5-14)23-20(25)19(24)22-11-21(3,26)15-6-9-17-18(10-15)28-12-27-17/h4-10,13,26H,11-12H2,1-3H3,(H,22,24)(H,23,25). The molecular formula is C21H24N2O5. The predicted octanol–water partition coefficient (Wildman–Crippen LogP) is 2.50. The molecule has 7 nitrogen and oxygen atoms in total. The average Bonchev–Trinajstić information content (AvgIpc) is 3.14. The van der Waals surface area contributed by atoms with E-state index in [2.05, 4.69) is 24.5 Å². The molecule has 0 fully saturated rings. The van der Waals surface area contributed by atoms with E-state index in [-0.39, 0.29) is 13.3 Å². The molecule has 2 amide bonds. The summed E-state index contributed by atoms with van der Waals surface area (Å²) in [7, 11) is 0. The lowest BCUT2D eigenvalue weighted by Gasteiger charge is -2.24. The minimum atomic E-state index is -1.38. The molecule has 1 aliphatic rings. The van der Waals surface area contributed by atoms with E-state index in [1.54, 1.807) is 37.3 Å². The van der Waals surface area contributed by atoms with E-state index in [9.17, 15) is 14.7 Å². The molecule has 1 aliphatic heterocycles. The van der Waals surface area contributed by atoms with Crippen molar-refractivity contribution in [2.45, 2.75) is 32.3 Å². The van der Waals surface area contributed by atoms with E-state index in [0.717, 1.165) is 5.56 Å². The third kappa shape index (κ3) is 4.43. The summed E-state index contributed by atoms with van der Waals surface area (Å²) in [6.07, 6.45) is 0. The number of hydrogen-bond donors (Lipinski definition) is 3. The van der Waals surface area contributed by atoms with Gasteiger partial charge in [-0.3, -0.25) is 9.59 Å². The molecule has 0 spiro atoms. The van der Waals surface area contributed by atoms with Crippen molar-refractivity contribution in [3.05, 3.63) is 53.6 Å². The van der Waals surface area contributed by atoms with Crippen molar-refractivity contribution in [3.8, 4) is 11.5 Å². The Labute approximate surface area is 163 Å². The zero-order valence-electron chi connectivity index (χ0n) is 16.1. The summed E-state index contributed by atoms with van der Waals surface area (Å²) in [6, 6.07) is 12.4. The molecular weight excluding hydrogens is 360 g/mol. The molecule has 0 saturated heterocycles. The van der Waals surface area contributed by atoms with E-state index in [1.807, 2.05) is 12.1 Å². The fourth-order valence-electron chi connectivity index (χ4n) is 2.81. The molecule has 0 saturated carbocycles. The van der Waals surface area contributed by atoms with E-state index in [0.29, 0.717) is 28.7 Å². The van der Waals surface area contributed by atoms with Crippen molar-refractivity contribution in [3.63, 3.8) is 0 Å². The van der Waals surface area contributed by atoms with Crippen LogP contribution in [-0.2, 0) is 15.2 Å². The number of ether oxygens (including phenoxy) is 2. The number of carbonyl (C=O) groups is 2. The second-order valence-electron chi connectivity index (χ2n) is 7.26. The lowest BCUT2D eigenvalue weighted by molar-refractivity contribution is -0.136. The van der Waals surface area contributed by atoms with Crippen LogP contribution in [0.15, 0.2) is 42.5 Å². The van der Waals surface area contributed by atoms with Gasteiger partial charge in [0.15, 0.2) is 11.5 Å². The summed E-state index contributed by atoms with van der Waals surface area (Å²) >= 11 is 0. The summed E-state index contributed by atoms with van der Waals surface area (Å²) in [6.45, 7) is 5.70. The van der Waals surface area contributed by atoms with Gasteiger partial charge in [-0.25, -0.2) is 0 Å². The lowest BCUT2D eigenvalue weighted by Crippen LogP contribution is -2.43. The molecule has 28 heavy (non-hydrogen) atoms. The number of amides is 2. The minimum Gasteiger partial charge on any atom is -0.454 e. The molecule has 0 aromatic heterocycles. The summed E-state index contributed by atoms with van der Waals surface area (Å²) < 4.78 is 10.5. The second-order valence-corrected chi connectivity index (χ2v) is 7.26. The van der Waals surface area contributed by atoms with Crippen LogP contribution < -0.4 is 20.1 Å². The average molecular weight is 384 g/mol. The fraction of sp³-hybridized carbons (Fsp3) is 0.333. The van der Waals surface area contributed by atoms with Gasteiger partial charge in [0, 0.05) is 5.69 Å². The Balaban J connectivity index is 1.57. The van der Waals surface area contributed by atoms with Gasteiger partial charge in [-0.15, -0.1) is 0 Å². The van der Waals surface area contributed by atoms with Gasteiger partial charge in [0.1, 0.15) is 5.60 Å². The Morgan fingerprint density at radius 1 is 1.07 bits per heavy atom. The molecule has 2 aromatic rings. The van der Waals surface area contributed by atoms with Crippen molar-refractivity contribution >= 4 is 17.5 Å². The first-order chi connectivity index (χ1) is 13.3. The Morgan fingerprint density at radius 3 is 2.43 bits per heavy atom. The zero-order valence-corrected chi connectivity index (χ0v) is 16.1. The summed E-state index contributed by atoms with van der Waals surface area (Å²) in [4.78, 5) is 24.2. The molecule has 1 atom stereocenters. The largest absolute Gasteiger partial charge is 0.454 e. The van der Waals surface area contributed by atoms with Crippen molar-refractivity contribution < 1.29 is 24.2 Å². The molecule has 0 bridgehead atoms. The first kappa shape index (κ1) is 19.7. The van der Waals surface area contributed by atoms with Gasteiger partial charge < -0.3 is 25.2 Å². The number of carbonyl (C=O) groups excluding carboxylic acids is 2.